The predicted octanol–water partition coefficient (Wildman–Crippen LogP) is -4.42. The summed E-state index contributed by atoms with van der Waals surface area (Å²) in [6, 6.07) is 1.05. The molecule has 0 amide bonds. The second kappa shape index (κ2) is 8.11. The first-order valence-electron chi connectivity index (χ1n) is 8.44. The molecule has 3 heterocycles. The zero-order valence-corrected chi connectivity index (χ0v) is 14.5. The third-order valence-electron chi connectivity index (χ3n) is 4.69. The third-order valence-corrected chi connectivity index (χ3v) is 4.69. The van der Waals surface area contributed by atoms with E-state index >= 15 is 0 Å². The highest BCUT2D eigenvalue weighted by Crippen LogP contribution is 2.32. The Morgan fingerprint density at radius 3 is 2.50 bits per heavy atom. The molecule has 0 unspecified atom stereocenters. The van der Waals surface area contributed by atoms with Crippen molar-refractivity contribution in [3.05, 3.63) is 33.1 Å². The number of nitrogens with one attached hydrogen (secondary N) is 1. The predicted molar refractivity (Wildman–Crippen MR) is 90.7 cm³/mol. The minimum Gasteiger partial charge on any atom is -0.387 e. The number of rotatable bonds is 5. The highest BCUT2D eigenvalue weighted by molar-refractivity contribution is 5.07. The number of ether oxygens (including phenoxy) is 3. The zero-order chi connectivity index (χ0) is 20.6. The standard InChI is InChI=1S/C16H21N3O9/c1-2-6(26-15-12(24)9(21)7(5-17)27-15)13-10(22)11(23)14(28-13)19-4-3-8(20)18-16(19)25/h1,3-4,6-7,9-15,21-24H,5,17H2,(H,18,20,25)/t6-,7+,9+,10-,11+,12+,13+,14+,15+/m0/s1. The van der Waals surface area contributed by atoms with E-state index in [1.54, 1.807) is 0 Å². The molecule has 3 rings (SSSR count). The number of hydrogen-bond donors (Lipinski definition) is 6. The Bertz CT molecular complexity index is 849. The van der Waals surface area contributed by atoms with Crippen molar-refractivity contribution in [1.82, 2.24) is 9.55 Å². The summed E-state index contributed by atoms with van der Waals surface area (Å²) >= 11 is 0. The first-order chi connectivity index (χ1) is 13.3. The lowest BCUT2D eigenvalue weighted by molar-refractivity contribution is -0.205. The fourth-order valence-electron chi connectivity index (χ4n) is 3.17. The lowest BCUT2D eigenvalue weighted by atomic mass is 10.1. The van der Waals surface area contributed by atoms with Crippen LogP contribution >= 0.6 is 0 Å². The van der Waals surface area contributed by atoms with Crippen LogP contribution in [0.2, 0.25) is 0 Å². The van der Waals surface area contributed by atoms with Crippen LogP contribution in [-0.4, -0.2) is 85.5 Å². The van der Waals surface area contributed by atoms with Crippen LogP contribution in [0.25, 0.3) is 0 Å². The monoisotopic (exact) mass is 399 g/mol. The average Bonchev–Trinajstić information content (AvgIpc) is 3.11. The van der Waals surface area contributed by atoms with E-state index in [0.29, 0.717) is 0 Å². The number of terminal acetylenes is 1. The van der Waals surface area contributed by atoms with Gasteiger partial charge in [-0.15, -0.1) is 6.42 Å². The molecule has 2 aliphatic rings. The van der Waals surface area contributed by atoms with Gasteiger partial charge in [-0.05, 0) is 0 Å². The molecule has 12 nitrogen and oxygen atoms in total. The molecule has 0 saturated carbocycles. The molecular formula is C16H21N3O9. The van der Waals surface area contributed by atoms with Gasteiger partial charge >= 0.3 is 5.69 Å². The second-order valence-electron chi connectivity index (χ2n) is 6.47. The van der Waals surface area contributed by atoms with Crippen molar-refractivity contribution in [2.45, 2.75) is 55.2 Å². The molecule has 1 aromatic rings. The summed E-state index contributed by atoms with van der Waals surface area (Å²) in [5.74, 6) is 2.22. The number of aromatic nitrogens is 2. The summed E-state index contributed by atoms with van der Waals surface area (Å²) in [7, 11) is 0. The Hall–Kier alpha value is -2.08. The number of aromatic amines is 1. The maximum atomic E-state index is 11.9. The van der Waals surface area contributed by atoms with E-state index in [0.717, 1.165) is 16.8 Å². The smallest absolute Gasteiger partial charge is 0.330 e. The molecule has 0 aliphatic carbocycles. The van der Waals surface area contributed by atoms with Crippen LogP contribution in [0.1, 0.15) is 6.23 Å². The van der Waals surface area contributed by atoms with Crippen molar-refractivity contribution in [2.24, 2.45) is 5.73 Å². The quantitative estimate of drug-likeness (QED) is 0.264. The number of aliphatic hydroxyl groups is 4. The van der Waals surface area contributed by atoms with Crippen molar-refractivity contribution in [3.8, 4) is 12.3 Å². The Balaban J connectivity index is 1.77. The van der Waals surface area contributed by atoms with Crippen molar-refractivity contribution in [1.29, 1.82) is 0 Å². The van der Waals surface area contributed by atoms with E-state index in [1.165, 1.54) is 0 Å². The van der Waals surface area contributed by atoms with Crippen molar-refractivity contribution < 1.29 is 34.6 Å². The van der Waals surface area contributed by atoms with Gasteiger partial charge in [-0.1, -0.05) is 5.92 Å². The highest BCUT2D eigenvalue weighted by Gasteiger charge is 2.50. The maximum Gasteiger partial charge on any atom is 0.330 e. The molecule has 9 atom stereocenters. The molecule has 7 N–H and O–H groups in total. The Labute approximate surface area is 158 Å². The van der Waals surface area contributed by atoms with Crippen molar-refractivity contribution in [3.63, 3.8) is 0 Å². The average molecular weight is 399 g/mol. The molecule has 2 fully saturated rings. The van der Waals surface area contributed by atoms with Crippen molar-refractivity contribution in [2.75, 3.05) is 6.54 Å². The lowest BCUT2D eigenvalue weighted by Gasteiger charge is -2.25. The van der Waals surface area contributed by atoms with Crippen LogP contribution in [0.3, 0.4) is 0 Å². The van der Waals surface area contributed by atoms with Crippen LogP contribution < -0.4 is 17.0 Å². The Morgan fingerprint density at radius 1 is 1.21 bits per heavy atom. The van der Waals surface area contributed by atoms with Gasteiger partial charge < -0.3 is 40.4 Å². The van der Waals surface area contributed by atoms with Crippen LogP contribution in [-0.2, 0) is 14.2 Å². The van der Waals surface area contributed by atoms with E-state index in [2.05, 4.69) is 5.92 Å². The van der Waals surface area contributed by atoms with Gasteiger partial charge in [0.1, 0.15) is 42.7 Å². The minimum absolute atomic E-state index is 0.0721. The SMILES string of the molecule is C#C[C@H](O[C@@H]1O[C@H](CN)[C@@H](O)[C@H]1O)[C@H]1O[C@@H](n2ccc(=O)[nH]c2=O)[C@H](O)[C@@H]1O. The van der Waals surface area contributed by atoms with Gasteiger partial charge in [0, 0.05) is 18.8 Å². The summed E-state index contributed by atoms with van der Waals surface area (Å²) in [5.41, 5.74) is 3.94. The van der Waals surface area contributed by atoms with Gasteiger partial charge in [0.2, 0.25) is 0 Å². The molecule has 0 radical (unpaired) electrons. The molecule has 0 bridgehead atoms. The van der Waals surface area contributed by atoms with Crippen LogP contribution in [0, 0.1) is 12.3 Å². The number of aliphatic hydroxyl groups excluding tert-OH is 4. The van der Waals surface area contributed by atoms with Crippen LogP contribution in [0.4, 0.5) is 0 Å². The normalized spacial score (nSPS) is 39.0. The number of nitrogens with two attached hydrogens (primary N) is 1. The molecule has 154 valence electrons. The van der Waals surface area contributed by atoms with Gasteiger partial charge in [-0.2, -0.15) is 0 Å². The molecular weight excluding hydrogens is 378 g/mol. The maximum absolute atomic E-state index is 11.9. The van der Waals surface area contributed by atoms with Crippen LogP contribution in [0.15, 0.2) is 21.9 Å². The van der Waals surface area contributed by atoms with Gasteiger partial charge in [0.25, 0.3) is 5.56 Å². The number of H-pyrrole nitrogens is 1. The van der Waals surface area contributed by atoms with Gasteiger partial charge in [-0.3, -0.25) is 14.3 Å². The summed E-state index contributed by atoms with van der Waals surface area (Å²) < 4.78 is 17.1. The highest BCUT2D eigenvalue weighted by atomic mass is 16.7. The first-order valence-corrected chi connectivity index (χ1v) is 8.44. The van der Waals surface area contributed by atoms with Gasteiger partial charge in [0.15, 0.2) is 12.5 Å². The number of hydrogen-bond acceptors (Lipinski definition) is 10. The molecule has 1 aromatic heterocycles. The molecule has 28 heavy (non-hydrogen) atoms. The molecule has 0 spiro atoms. The summed E-state index contributed by atoms with van der Waals surface area (Å²) in [6.45, 7) is -0.0721. The third kappa shape index (κ3) is 3.62. The second-order valence-corrected chi connectivity index (χ2v) is 6.47. The van der Waals surface area contributed by atoms with Crippen LogP contribution in [0.5, 0.6) is 0 Å². The van der Waals surface area contributed by atoms with Gasteiger partial charge in [0.05, 0.1) is 0 Å². The van der Waals surface area contributed by atoms with E-state index in [1.807, 2.05) is 4.98 Å². The fraction of sp³-hybridized carbons (Fsp3) is 0.625. The minimum atomic E-state index is -1.56. The fourth-order valence-corrected chi connectivity index (χ4v) is 3.17. The van der Waals surface area contributed by atoms with Crippen molar-refractivity contribution >= 4 is 0 Å². The Kier molecular flexibility index (Phi) is 5.98. The summed E-state index contributed by atoms with van der Waals surface area (Å²) in [4.78, 5) is 25.1. The van der Waals surface area contributed by atoms with E-state index in [9.17, 15) is 30.0 Å². The number of nitrogens with zero attached hydrogens (tertiary/aromatic N) is 1. The molecule has 2 aliphatic heterocycles. The Morgan fingerprint density at radius 2 is 1.93 bits per heavy atom. The topological polar surface area (TPSA) is 189 Å². The lowest BCUT2D eigenvalue weighted by Crippen LogP contribution is -2.43. The summed E-state index contributed by atoms with van der Waals surface area (Å²) in [6.07, 6.45) is -5.48. The first kappa shape index (κ1) is 20.6. The molecule has 12 heteroatoms. The van der Waals surface area contributed by atoms with E-state index in [4.69, 9.17) is 26.4 Å². The largest absolute Gasteiger partial charge is 0.387 e. The summed E-state index contributed by atoms with van der Waals surface area (Å²) in [5, 5.41) is 40.4. The van der Waals surface area contributed by atoms with E-state index in [-0.39, 0.29) is 6.54 Å². The van der Waals surface area contributed by atoms with E-state index < -0.39 is 66.5 Å². The molecule has 0 aromatic carbocycles. The zero-order valence-electron chi connectivity index (χ0n) is 14.5. The molecule has 2 saturated heterocycles. The van der Waals surface area contributed by atoms with Gasteiger partial charge in [-0.25, -0.2) is 4.79 Å².